The molecule has 1 fully saturated rings. The molecule has 2 aliphatic rings. The van der Waals surface area contributed by atoms with E-state index in [-0.39, 0.29) is 10.4 Å². The highest BCUT2D eigenvalue weighted by atomic mass is 32.2. The van der Waals surface area contributed by atoms with E-state index in [9.17, 15) is 12.6 Å². The van der Waals surface area contributed by atoms with Crippen molar-refractivity contribution in [3.63, 3.8) is 0 Å². The van der Waals surface area contributed by atoms with Gasteiger partial charge in [-0.3, -0.25) is 0 Å². The van der Waals surface area contributed by atoms with Crippen LogP contribution < -0.4 is 4.72 Å². The Kier molecular flexibility index (Phi) is 5.34. The zero-order chi connectivity index (χ0) is 25.3. The molecule has 3 heterocycles. The molecule has 2 aromatic carbocycles. The SMILES string of the molecule is CC(C)(C)[S@](=O)N[C@H](c1ncn2c1CCC21CC1)c1cc2ccccc2n1S(=O)(=O)c1ccccc1. The van der Waals surface area contributed by atoms with E-state index in [2.05, 4.69) is 9.29 Å². The lowest BCUT2D eigenvalue weighted by molar-refractivity contribution is 0.507. The van der Waals surface area contributed by atoms with Crippen molar-refractivity contribution in [1.82, 2.24) is 18.2 Å². The Morgan fingerprint density at radius 1 is 1.03 bits per heavy atom. The first-order valence-electron chi connectivity index (χ1n) is 12.3. The van der Waals surface area contributed by atoms with E-state index in [0.29, 0.717) is 11.2 Å². The number of hydrogen-bond donors (Lipinski definition) is 1. The zero-order valence-corrected chi connectivity index (χ0v) is 22.3. The lowest BCUT2D eigenvalue weighted by atomic mass is 10.1. The predicted molar refractivity (Wildman–Crippen MR) is 142 cm³/mol. The largest absolute Gasteiger partial charge is 0.328 e. The van der Waals surface area contributed by atoms with E-state index in [1.807, 2.05) is 57.4 Å². The molecule has 1 saturated carbocycles. The van der Waals surface area contributed by atoms with E-state index in [1.165, 1.54) is 3.97 Å². The minimum absolute atomic E-state index is 0.164. The molecule has 1 aliphatic carbocycles. The Labute approximate surface area is 214 Å². The van der Waals surface area contributed by atoms with Gasteiger partial charge in [-0.1, -0.05) is 36.4 Å². The van der Waals surface area contributed by atoms with E-state index in [4.69, 9.17) is 4.98 Å². The Hall–Kier alpha value is -2.75. The Morgan fingerprint density at radius 2 is 1.72 bits per heavy atom. The van der Waals surface area contributed by atoms with Crippen LogP contribution in [0.25, 0.3) is 10.9 Å². The number of para-hydroxylation sites is 1. The Morgan fingerprint density at radius 3 is 2.42 bits per heavy atom. The molecule has 9 heteroatoms. The summed E-state index contributed by atoms with van der Waals surface area (Å²) in [5, 5.41) is 0.801. The van der Waals surface area contributed by atoms with Crippen molar-refractivity contribution in [2.75, 3.05) is 0 Å². The van der Waals surface area contributed by atoms with Crippen LogP contribution in [-0.4, -0.2) is 30.9 Å². The molecular weight excluding hydrogens is 492 g/mol. The van der Waals surface area contributed by atoms with Crippen LogP contribution >= 0.6 is 0 Å². The van der Waals surface area contributed by atoms with Gasteiger partial charge in [-0.05, 0) is 70.7 Å². The van der Waals surface area contributed by atoms with E-state index >= 15 is 0 Å². The van der Waals surface area contributed by atoms with Crippen LogP contribution in [-0.2, 0) is 33.0 Å². The van der Waals surface area contributed by atoms with E-state index in [1.54, 1.807) is 30.3 Å². The van der Waals surface area contributed by atoms with Crippen molar-refractivity contribution in [2.45, 2.75) is 67.7 Å². The molecular formula is C27H30N4O3S2. The lowest BCUT2D eigenvalue weighted by Gasteiger charge is -2.25. The molecule has 2 atom stereocenters. The van der Waals surface area contributed by atoms with Gasteiger partial charge in [0.05, 0.1) is 43.9 Å². The average Bonchev–Trinajstić information content (AvgIpc) is 3.19. The molecule has 36 heavy (non-hydrogen) atoms. The smallest absolute Gasteiger partial charge is 0.268 e. The Balaban J connectivity index is 1.59. The molecule has 1 aliphatic heterocycles. The summed E-state index contributed by atoms with van der Waals surface area (Å²) in [4.78, 5) is 5.01. The summed E-state index contributed by atoms with van der Waals surface area (Å²) < 4.78 is 48.0. The molecule has 0 unspecified atom stereocenters. The quantitative estimate of drug-likeness (QED) is 0.399. The first-order chi connectivity index (χ1) is 17.1. The summed E-state index contributed by atoms with van der Waals surface area (Å²) >= 11 is 0. The van der Waals surface area contributed by atoms with Crippen LogP contribution in [0.5, 0.6) is 0 Å². The molecule has 0 saturated heterocycles. The lowest BCUT2D eigenvalue weighted by Crippen LogP contribution is -2.37. The van der Waals surface area contributed by atoms with Gasteiger partial charge in [0, 0.05) is 16.6 Å². The second kappa shape index (κ2) is 8.13. The van der Waals surface area contributed by atoms with Crippen molar-refractivity contribution in [1.29, 1.82) is 0 Å². The third kappa shape index (κ3) is 3.67. The monoisotopic (exact) mass is 522 g/mol. The number of benzene rings is 2. The van der Waals surface area contributed by atoms with E-state index in [0.717, 1.165) is 42.5 Å². The molecule has 188 valence electrons. The molecule has 4 aromatic rings. The van der Waals surface area contributed by atoms with Crippen LogP contribution in [0.4, 0.5) is 0 Å². The van der Waals surface area contributed by atoms with Crippen molar-refractivity contribution < 1.29 is 12.6 Å². The van der Waals surface area contributed by atoms with Gasteiger partial charge in [0.1, 0.15) is 6.04 Å². The summed E-state index contributed by atoms with van der Waals surface area (Å²) in [5.41, 5.74) is 3.11. The first-order valence-corrected chi connectivity index (χ1v) is 14.9. The van der Waals surface area contributed by atoms with Gasteiger partial charge in [-0.2, -0.15) is 0 Å². The maximum atomic E-state index is 14.1. The third-order valence-corrected chi connectivity index (χ3v) is 10.7. The van der Waals surface area contributed by atoms with E-state index < -0.39 is 31.8 Å². The number of nitrogens with zero attached hydrogens (tertiary/aromatic N) is 3. The Bertz CT molecular complexity index is 1590. The van der Waals surface area contributed by atoms with Gasteiger partial charge in [0.15, 0.2) is 0 Å². The topological polar surface area (TPSA) is 86.0 Å². The van der Waals surface area contributed by atoms with Gasteiger partial charge in [0.25, 0.3) is 10.0 Å². The average molecular weight is 523 g/mol. The number of nitrogens with one attached hydrogen (secondary N) is 1. The molecule has 7 nitrogen and oxygen atoms in total. The molecule has 1 spiro atoms. The van der Waals surface area contributed by atoms with Crippen LogP contribution in [0.15, 0.2) is 71.9 Å². The second-order valence-corrected chi connectivity index (χ2v) is 14.6. The van der Waals surface area contributed by atoms with Crippen LogP contribution in [0.2, 0.25) is 0 Å². The van der Waals surface area contributed by atoms with Crippen LogP contribution in [0.3, 0.4) is 0 Å². The molecule has 1 N–H and O–H groups in total. The predicted octanol–water partition coefficient (Wildman–Crippen LogP) is 4.65. The van der Waals surface area contributed by atoms with Crippen molar-refractivity contribution in [3.05, 3.63) is 84.1 Å². The number of aromatic nitrogens is 3. The zero-order valence-electron chi connectivity index (χ0n) is 20.6. The molecule has 0 amide bonds. The third-order valence-electron chi connectivity index (χ3n) is 7.39. The summed E-state index contributed by atoms with van der Waals surface area (Å²) in [6.07, 6.45) is 6.12. The fourth-order valence-corrected chi connectivity index (χ4v) is 7.62. The highest BCUT2D eigenvalue weighted by Crippen LogP contribution is 2.53. The number of rotatable bonds is 6. The summed E-state index contributed by atoms with van der Waals surface area (Å²) in [5.74, 6) is 0. The van der Waals surface area contributed by atoms with Gasteiger partial charge in [0.2, 0.25) is 0 Å². The summed E-state index contributed by atoms with van der Waals surface area (Å²) in [7, 11) is -5.40. The summed E-state index contributed by atoms with van der Waals surface area (Å²) in [6.45, 7) is 5.71. The molecule has 6 rings (SSSR count). The minimum Gasteiger partial charge on any atom is -0.328 e. The fourth-order valence-electron chi connectivity index (χ4n) is 5.25. The van der Waals surface area contributed by atoms with Gasteiger partial charge in [-0.25, -0.2) is 26.3 Å². The van der Waals surface area contributed by atoms with Gasteiger partial charge in [-0.15, -0.1) is 0 Å². The number of fused-ring (bicyclic) bond motifs is 3. The number of hydrogen-bond acceptors (Lipinski definition) is 4. The van der Waals surface area contributed by atoms with Gasteiger partial charge >= 0.3 is 0 Å². The van der Waals surface area contributed by atoms with Gasteiger partial charge < -0.3 is 4.57 Å². The first kappa shape index (κ1) is 23.6. The normalized spacial score (nSPS) is 18.4. The highest BCUT2D eigenvalue weighted by Gasteiger charge is 2.50. The highest BCUT2D eigenvalue weighted by molar-refractivity contribution is 7.90. The standard InChI is InChI=1S/C27H30N4O3S2/c1-26(2,3)35(32)29-25(24-22-13-14-27(15-16-27)30(22)18-28-24)23-17-19-9-7-8-12-21(19)31(23)36(33,34)20-10-5-4-6-11-20/h4-12,17-18,25,29H,13-16H2,1-3H3/t25-,35-/m0/s1. The maximum absolute atomic E-state index is 14.1. The summed E-state index contributed by atoms with van der Waals surface area (Å²) in [6, 6.07) is 17.1. The maximum Gasteiger partial charge on any atom is 0.268 e. The minimum atomic E-state index is -3.94. The van der Waals surface area contributed by atoms with Crippen LogP contribution in [0.1, 0.15) is 63.2 Å². The number of imidazole rings is 1. The molecule has 2 aromatic heterocycles. The molecule has 0 radical (unpaired) electrons. The van der Waals surface area contributed by atoms with Crippen LogP contribution in [0, 0.1) is 0 Å². The van der Waals surface area contributed by atoms with Crippen molar-refractivity contribution >= 4 is 31.9 Å². The fraction of sp³-hybridized carbons (Fsp3) is 0.370. The van der Waals surface area contributed by atoms with Crippen molar-refractivity contribution in [3.8, 4) is 0 Å². The molecule has 0 bridgehead atoms. The van der Waals surface area contributed by atoms with Crippen molar-refractivity contribution in [2.24, 2.45) is 0 Å². The second-order valence-electron chi connectivity index (χ2n) is 10.8.